The Balaban J connectivity index is 2.22. The number of amides is 1. The second-order valence-electron chi connectivity index (χ2n) is 4.77. The van der Waals surface area contributed by atoms with Crippen LogP contribution in [0.25, 0.3) is 0 Å². The van der Waals surface area contributed by atoms with Crippen molar-refractivity contribution in [2.45, 2.75) is 18.9 Å². The third kappa shape index (κ3) is 2.99. The summed E-state index contributed by atoms with van der Waals surface area (Å²) in [5, 5.41) is 13.8. The van der Waals surface area contributed by atoms with Gasteiger partial charge in [-0.2, -0.15) is 0 Å². The van der Waals surface area contributed by atoms with Crippen LogP contribution in [0.1, 0.15) is 23.2 Å². The lowest BCUT2D eigenvalue weighted by atomic mass is 10.1. The van der Waals surface area contributed by atoms with Crippen molar-refractivity contribution in [3.8, 4) is 0 Å². The van der Waals surface area contributed by atoms with E-state index in [1.807, 2.05) is 11.9 Å². The van der Waals surface area contributed by atoms with Crippen LogP contribution in [-0.2, 0) is 0 Å². The molecule has 1 heterocycles. The van der Waals surface area contributed by atoms with Crippen molar-refractivity contribution in [3.63, 3.8) is 0 Å². The normalized spacial score (nSPS) is 18.3. The van der Waals surface area contributed by atoms with E-state index in [1.54, 1.807) is 0 Å². The number of nitrogens with one attached hydrogen (secondary N) is 1. The van der Waals surface area contributed by atoms with Gasteiger partial charge in [0.2, 0.25) is 0 Å². The number of carbonyl (C=O) groups excluding carboxylic acids is 1. The van der Waals surface area contributed by atoms with E-state index in [0.29, 0.717) is 10.0 Å². The molecule has 1 aromatic carbocycles. The van der Waals surface area contributed by atoms with Crippen LogP contribution in [0.3, 0.4) is 0 Å². The first-order valence-electron chi connectivity index (χ1n) is 6.44. The van der Waals surface area contributed by atoms with Crippen LogP contribution >= 0.6 is 15.9 Å². The highest BCUT2D eigenvalue weighted by Crippen LogP contribution is 2.27. The van der Waals surface area contributed by atoms with Crippen molar-refractivity contribution in [3.05, 3.63) is 38.3 Å². The average Bonchev–Trinajstić information content (AvgIpc) is 2.86. The average molecular weight is 342 g/mol. The summed E-state index contributed by atoms with van der Waals surface area (Å²) in [7, 11) is 1.86. The second kappa shape index (κ2) is 6.32. The molecule has 0 saturated carbocycles. The highest BCUT2D eigenvalue weighted by Gasteiger charge is 2.30. The summed E-state index contributed by atoms with van der Waals surface area (Å²) >= 11 is 3.25. The minimum atomic E-state index is -0.474. The van der Waals surface area contributed by atoms with Gasteiger partial charge in [0.15, 0.2) is 0 Å². The molecular weight excluding hydrogens is 326 g/mol. The lowest BCUT2D eigenvalue weighted by Gasteiger charge is -2.25. The molecule has 1 saturated heterocycles. The minimum absolute atomic E-state index is 0.0263. The zero-order valence-electron chi connectivity index (χ0n) is 11.1. The Bertz CT molecular complexity index is 536. The lowest BCUT2D eigenvalue weighted by molar-refractivity contribution is -0.384. The number of likely N-dealkylation sites (N-methyl/N-ethyl adjacent to an activating group) is 1. The molecule has 1 amide bonds. The first kappa shape index (κ1) is 14.9. The lowest BCUT2D eigenvalue weighted by Crippen LogP contribution is -2.40. The maximum atomic E-state index is 12.5. The zero-order chi connectivity index (χ0) is 14.7. The Kier molecular flexibility index (Phi) is 4.72. The van der Waals surface area contributed by atoms with Crippen LogP contribution in [0.15, 0.2) is 22.7 Å². The summed E-state index contributed by atoms with van der Waals surface area (Å²) in [4.78, 5) is 24.6. The molecule has 2 rings (SSSR count). The van der Waals surface area contributed by atoms with Crippen molar-refractivity contribution >= 4 is 27.5 Å². The van der Waals surface area contributed by atoms with E-state index >= 15 is 0 Å². The van der Waals surface area contributed by atoms with Gasteiger partial charge in [0.25, 0.3) is 11.6 Å². The number of nitro benzene ring substituents is 1. The molecule has 0 spiro atoms. The molecule has 1 N–H and O–H groups in total. The minimum Gasteiger partial charge on any atom is -0.334 e. The highest BCUT2D eigenvalue weighted by molar-refractivity contribution is 9.10. The van der Waals surface area contributed by atoms with E-state index in [9.17, 15) is 14.9 Å². The molecule has 0 radical (unpaired) electrons. The molecule has 1 unspecified atom stereocenters. The summed E-state index contributed by atoms with van der Waals surface area (Å²) < 4.78 is 0.465. The highest BCUT2D eigenvalue weighted by atomic mass is 79.9. The molecule has 1 aliphatic heterocycles. The smallest absolute Gasteiger partial charge is 0.270 e. The Morgan fingerprint density at radius 3 is 2.95 bits per heavy atom. The van der Waals surface area contributed by atoms with Gasteiger partial charge in [0.1, 0.15) is 0 Å². The van der Waals surface area contributed by atoms with Gasteiger partial charge in [-0.25, -0.2) is 0 Å². The molecule has 0 aliphatic carbocycles. The number of benzene rings is 1. The number of nitrogens with zero attached hydrogens (tertiary/aromatic N) is 2. The van der Waals surface area contributed by atoms with Crippen molar-refractivity contribution in [2.75, 3.05) is 20.1 Å². The Morgan fingerprint density at radius 1 is 1.60 bits per heavy atom. The molecule has 0 aromatic heterocycles. The zero-order valence-corrected chi connectivity index (χ0v) is 12.7. The number of non-ortho nitro benzene ring substituents is 1. The molecule has 108 valence electrons. The van der Waals surface area contributed by atoms with Gasteiger partial charge >= 0.3 is 0 Å². The number of hydrogen-bond acceptors (Lipinski definition) is 4. The molecule has 1 fully saturated rings. The Morgan fingerprint density at radius 2 is 2.35 bits per heavy atom. The largest absolute Gasteiger partial charge is 0.334 e. The van der Waals surface area contributed by atoms with E-state index in [0.717, 1.165) is 25.9 Å². The van der Waals surface area contributed by atoms with Crippen LogP contribution < -0.4 is 5.32 Å². The van der Waals surface area contributed by atoms with Gasteiger partial charge in [-0.05, 0) is 41.9 Å². The molecule has 20 heavy (non-hydrogen) atoms. The fourth-order valence-corrected chi connectivity index (χ4v) is 3.03. The fraction of sp³-hybridized carbons (Fsp3) is 0.462. The summed E-state index contributed by atoms with van der Waals surface area (Å²) in [6.07, 6.45) is 1.97. The van der Waals surface area contributed by atoms with Gasteiger partial charge in [-0.15, -0.1) is 0 Å². The number of nitro groups is 1. The van der Waals surface area contributed by atoms with Gasteiger partial charge in [-0.3, -0.25) is 14.9 Å². The predicted molar refractivity (Wildman–Crippen MR) is 78.8 cm³/mol. The summed E-state index contributed by atoms with van der Waals surface area (Å²) in [5.74, 6) is -0.0791. The van der Waals surface area contributed by atoms with Gasteiger partial charge in [0, 0.05) is 35.7 Å². The molecule has 1 atom stereocenters. The van der Waals surface area contributed by atoms with Gasteiger partial charge in [-0.1, -0.05) is 0 Å². The van der Waals surface area contributed by atoms with Gasteiger partial charge < -0.3 is 10.2 Å². The quantitative estimate of drug-likeness (QED) is 0.672. The first-order chi connectivity index (χ1) is 9.54. The maximum absolute atomic E-state index is 12.5. The number of likely N-dealkylation sites (tertiary alicyclic amines) is 1. The summed E-state index contributed by atoms with van der Waals surface area (Å²) in [5.41, 5.74) is 0.445. The van der Waals surface area contributed by atoms with Crippen LogP contribution in [0, 0.1) is 10.1 Å². The number of halogens is 1. The summed E-state index contributed by atoms with van der Waals surface area (Å²) in [6, 6.07) is 4.44. The van der Waals surface area contributed by atoms with E-state index in [-0.39, 0.29) is 17.6 Å². The van der Waals surface area contributed by atoms with Crippen molar-refractivity contribution < 1.29 is 9.72 Å². The standard InChI is InChI=1S/C13H16BrN3O3/c1-15-8-10-3-2-6-16(10)13(18)11-5-4-9(17(19)20)7-12(11)14/h4-5,7,10,15H,2-3,6,8H2,1H3. The fourth-order valence-electron chi connectivity index (χ4n) is 2.50. The van der Waals surface area contributed by atoms with Gasteiger partial charge in [0.05, 0.1) is 10.5 Å². The number of rotatable bonds is 4. The monoisotopic (exact) mass is 341 g/mol. The topological polar surface area (TPSA) is 75.5 Å². The summed E-state index contributed by atoms with van der Waals surface area (Å²) in [6.45, 7) is 1.49. The van der Waals surface area contributed by atoms with E-state index < -0.39 is 4.92 Å². The molecular formula is C13H16BrN3O3. The van der Waals surface area contributed by atoms with Crippen LogP contribution in [0.5, 0.6) is 0 Å². The van der Waals surface area contributed by atoms with E-state index in [1.165, 1.54) is 18.2 Å². The Labute approximate surface area is 125 Å². The molecule has 1 aliphatic rings. The third-order valence-corrected chi connectivity index (χ3v) is 4.13. The number of hydrogen-bond donors (Lipinski definition) is 1. The van der Waals surface area contributed by atoms with Crippen LogP contribution in [0.4, 0.5) is 5.69 Å². The molecule has 0 bridgehead atoms. The van der Waals surface area contributed by atoms with Crippen molar-refractivity contribution in [1.82, 2.24) is 10.2 Å². The molecule has 6 nitrogen and oxygen atoms in total. The third-order valence-electron chi connectivity index (χ3n) is 3.47. The Hall–Kier alpha value is -1.47. The maximum Gasteiger partial charge on any atom is 0.270 e. The predicted octanol–water partition coefficient (Wildman–Crippen LogP) is 2.18. The van der Waals surface area contributed by atoms with Crippen LogP contribution in [-0.4, -0.2) is 41.9 Å². The molecule has 7 heteroatoms. The van der Waals surface area contributed by atoms with Crippen LogP contribution in [0.2, 0.25) is 0 Å². The number of carbonyl (C=O) groups is 1. The molecule has 1 aromatic rings. The SMILES string of the molecule is CNCC1CCCN1C(=O)c1ccc([N+](=O)[O-])cc1Br. The van der Waals surface area contributed by atoms with E-state index in [2.05, 4.69) is 21.2 Å². The van der Waals surface area contributed by atoms with E-state index in [4.69, 9.17) is 0 Å². The first-order valence-corrected chi connectivity index (χ1v) is 7.23. The van der Waals surface area contributed by atoms with Crippen molar-refractivity contribution in [2.24, 2.45) is 0 Å². The second-order valence-corrected chi connectivity index (χ2v) is 5.63. The van der Waals surface area contributed by atoms with Crippen molar-refractivity contribution in [1.29, 1.82) is 0 Å².